The van der Waals surface area contributed by atoms with Gasteiger partial charge in [0, 0.05) is 13.8 Å². The zero-order valence-electron chi connectivity index (χ0n) is 8.45. The van der Waals surface area contributed by atoms with Crippen molar-refractivity contribution in [3.63, 3.8) is 0 Å². The van der Waals surface area contributed by atoms with Gasteiger partial charge in [-0.1, -0.05) is 0 Å². The summed E-state index contributed by atoms with van der Waals surface area (Å²) in [7, 11) is 0. The smallest absolute Gasteiger partial charge is 0.542 e. The molecule has 8 heteroatoms. The van der Waals surface area contributed by atoms with E-state index < -0.39 is 23.5 Å². The van der Waals surface area contributed by atoms with E-state index in [-0.39, 0.29) is 37.7 Å². The second-order valence-corrected chi connectivity index (χ2v) is 1.69. The van der Waals surface area contributed by atoms with Crippen molar-refractivity contribution in [1.82, 2.24) is 0 Å². The van der Waals surface area contributed by atoms with E-state index >= 15 is 0 Å². The monoisotopic (exact) mass is 188 g/mol. The Bertz CT molecular complexity index is 176. The SMILES string of the molecule is CC(=O)C(=O)[O-].CC(=O)C(=O)[O-].[Li+].[Li+]. The number of carboxylic acid groups (broad SMARTS) is 2. The maximum atomic E-state index is 9.48. The molecule has 0 aliphatic carbocycles. The van der Waals surface area contributed by atoms with Gasteiger partial charge in [-0.05, 0) is 0 Å². The Morgan fingerprint density at radius 2 is 0.786 bits per heavy atom. The number of aliphatic carboxylic acids is 2. The van der Waals surface area contributed by atoms with Gasteiger partial charge in [0.1, 0.15) is 11.9 Å². The van der Waals surface area contributed by atoms with Crippen molar-refractivity contribution in [3.8, 4) is 0 Å². The van der Waals surface area contributed by atoms with Crippen LogP contribution in [0.2, 0.25) is 0 Å². The third kappa shape index (κ3) is 22.5. The number of ketones is 2. The summed E-state index contributed by atoms with van der Waals surface area (Å²) in [6.45, 7) is 1.88. The molecule has 0 spiro atoms. The predicted molar refractivity (Wildman–Crippen MR) is 31.4 cm³/mol. The van der Waals surface area contributed by atoms with Gasteiger partial charge >= 0.3 is 37.7 Å². The van der Waals surface area contributed by atoms with E-state index in [1.165, 1.54) is 0 Å². The van der Waals surface area contributed by atoms with Gasteiger partial charge in [0.05, 0.1) is 0 Å². The minimum atomic E-state index is -1.63. The van der Waals surface area contributed by atoms with Crippen LogP contribution in [0.25, 0.3) is 0 Å². The standard InChI is InChI=1S/2C3H4O3.2Li/c2*1-2(4)3(5)6;;/h2*1H3,(H,5,6);;/q;;2*+1/p-2. The van der Waals surface area contributed by atoms with Gasteiger partial charge < -0.3 is 19.8 Å². The van der Waals surface area contributed by atoms with Crippen molar-refractivity contribution in [3.05, 3.63) is 0 Å². The normalized spacial score (nSPS) is 6.43. The number of carbonyl (C=O) groups excluding carboxylic acids is 4. The number of Topliss-reactive ketones (excluding diaryl/α,β-unsaturated/α-hetero) is 2. The summed E-state index contributed by atoms with van der Waals surface area (Å²) in [5.41, 5.74) is 0. The van der Waals surface area contributed by atoms with E-state index in [1.54, 1.807) is 0 Å². The number of carboxylic acids is 2. The third-order valence-corrected chi connectivity index (χ3v) is 0.575. The van der Waals surface area contributed by atoms with Gasteiger partial charge in [-0.2, -0.15) is 0 Å². The van der Waals surface area contributed by atoms with Crippen LogP contribution in [-0.4, -0.2) is 23.5 Å². The fourth-order valence-corrected chi connectivity index (χ4v) is 0. The molecule has 6 nitrogen and oxygen atoms in total. The minimum absolute atomic E-state index is 0. The fourth-order valence-electron chi connectivity index (χ4n) is 0. The zero-order chi connectivity index (χ0) is 10.3. The average Bonchev–Trinajstić information content (AvgIpc) is 1.88. The van der Waals surface area contributed by atoms with E-state index in [9.17, 15) is 29.4 Å². The van der Waals surface area contributed by atoms with Gasteiger partial charge in [0.2, 0.25) is 0 Å². The topological polar surface area (TPSA) is 114 Å². The second-order valence-electron chi connectivity index (χ2n) is 1.69. The molecule has 0 aromatic carbocycles. The van der Waals surface area contributed by atoms with E-state index in [0.717, 1.165) is 13.8 Å². The molecule has 0 saturated heterocycles. The molecule has 0 aromatic rings. The summed E-state index contributed by atoms with van der Waals surface area (Å²) in [5, 5.41) is 18.5. The summed E-state index contributed by atoms with van der Waals surface area (Å²) in [4.78, 5) is 37.4. The molecule has 0 aromatic heterocycles. The average molecular weight is 188 g/mol. The molecular weight excluding hydrogens is 182 g/mol. The quantitative estimate of drug-likeness (QED) is 0.314. The van der Waals surface area contributed by atoms with Crippen LogP contribution in [0.5, 0.6) is 0 Å². The Hall–Kier alpha value is -0.525. The first-order valence-corrected chi connectivity index (χ1v) is 2.72. The zero-order valence-corrected chi connectivity index (χ0v) is 8.45. The summed E-state index contributed by atoms with van der Waals surface area (Å²) in [6, 6.07) is 0. The first kappa shape index (κ1) is 23.4. The van der Waals surface area contributed by atoms with Gasteiger partial charge in [-0.3, -0.25) is 9.59 Å². The Kier molecular flexibility index (Phi) is 20.8. The van der Waals surface area contributed by atoms with Gasteiger partial charge in [0.25, 0.3) is 0 Å². The van der Waals surface area contributed by atoms with Crippen LogP contribution in [0, 0.1) is 0 Å². The molecule has 0 rings (SSSR count). The summed E-state index contributed by atoms with van der Waals surface area (Å²) in [6.07, 6.45) is 0. The van der Waals surface area contributed by atoms with Crippen molar-refractivity contribution in [2.45, 2.75) is 13.8 Å². The van der Waals surface area contributed by atoms with Crippen molar-refractivity contribution < 1.29 is 67.1 Å². The first-order valence-electron chi connectivity index (χ1n) is 2.72. The molecule has 0 aliphatic rings. The number of carbonyl (C=O) groups is 4. The van der Waals surface area contributed by atoms with Crippen LogP contribution in [0.4, 0.5) is 0 Å². The van der Waals surface area contributed by atoms with E-state index in [1.807, 2.05) is 0 Å². The molecule has 0 N–H and O–H groups in total. The second kappa shape index (κ2) is 12.5. The van der Waals surface area contributed by atoms with Crippen LogP contribution in [0.1, 0.15) is 13.8 Å². The molecule has 0 unspecified atom stereocenters. The molecule has 0 aliphatic heterocycles. The number of hydrogen-bond acceptors (Lipinski definition) is 6. The van der Waals surface area contributed by atoms with Crippen LogP contribution in [0.15, 0.2) is 0 Å². The summed E-state index contributed by atoms with van der Waals surface area (Å²) < 4.78 is 0. The van der Waals surface area contributed by atoms with Crippen LogP contribution in [-0.2, 0) is 19.2 Å². The molecule has 14 heavy (non-hydrogen) atoms. The minimum Gasteiger partial charge on any atom is -0.542 e. The molecule has 0 amide bonds. The van der Waals surface area contributed by atoms with Crippen molar-refractivity contribution in [2.24, 2.45) is 0 Å². The maximum Gasteiger partial charge on any atom is 1.00 e. The van der Waals surface area contributed by atoms with Crippen molar-refractivity contribution in [1.29, 1.82) is 0 Å². The first-order chi connectivity index (χ1) is 5.29. The van der Waals surface area contributed by atoms with Gasteiger partial charge in [-0.25, -0.2) is 0 Å². The van der Waals surface area contributed by atoms with Gasteiger partial charge in [0.15, 0.2) is 11.6 Å². The molecule has 0 saturated carbocycles. The molecule has 0 bridgehead atoms. The van der Waals surface area contributed by atoms with E-state index in [4.69, 9.17) is 0 Å². The largest absolute Gasteiger partial charge is 1.00 e. The molecule has 0 heterocycles. The Morgan fingerprint density at radius 1 is 0.714 bits per heavy atom. The maximum absolute atomic E-state index is 9.48. The van der Waals surface area contributed by atoms with Crippen molar-refractivity contribution in [2.75, 3.05) is 0 Å². The molecular formula is C6H6Li2O6. The van der Waals surface area contributed by atoms with Gasteiger partial charge in [-0.15, -0.1) is 0 Å². The Morgan fingerprint density at radius 3 is 0.786 bits per heavy atom. The van der Waals surface area contributed by atoms with E-state index in [0.29, 0.717) is 0 Å². The molecule has 0 fully saturated rings. The third-order valence-electron chi connectivity index (χ3n) is 0.575. The van der Waals surface area contributed by atoms with Crippen LogP contribution in [0.3, 0.4) is 0 Å². The Labute approximate surface area is 104 Å². The Balaban J connectivity index is -0.0000000625. The summed E-state index contributed by atoms with van der Waals surface area (Å²) >= 11 is 0. The molecule has 0 radical (unpaired) electrons. The van der Waals surface area contributed by atoms with E-state index in [2.05, 4.69) is 0 Å². The van der Waals surface area contributed by atoms with Crippen molar-refractivity contribution >= 4 is 23.5 Å². The van der Waals surface area contributed by atoms with Crippen LogP contribution < -0.4 is 47.9 Å². The predicted octanol–water partition coefficient (Wildman–Crippen LogP) is -9.34. The molecule has 0 atom stereocenters. The summed E-state index contributed by atoms with van der Waals surface area (Å²) in [5.74, 6) is -5.13. The number of rotatable bonds is 2. The number of hydrogen-bond donors (Lipinski definition) is 0. The fraction of sp³-hybridized carbons (Fsp3) is 0.333. The molecule has 68 valence electrons. The van der Waals surface area contributed by atoms with Crippen LogP contribution >= 0.6 is 0 Å².